The lowest BCUT2D eigenvalue weighted by molar-refractivity contribution is 0.0950. The normalized spacial score (nSPS) is 12.2. The molecule has 6 nitrogen and oxygen atoms in total. The zero-order valence-electron chi connectivity index (χ0n) is 12.6. The molecule has 2 aromatic heterocycles. The standard InChI is InChI=1S/C15H19N3O3/c1-8(14-10(3)18-21-11(14)4)6-17-15(20)12-7-16-9(2)5-13(12)19/h5,7-8H,6H2,1-4H3,(H,16,19)(H,17,20). The van der Waals surface area contributed by atoms with Crippen molar-refractivity contribution in [3.05, 3.63) is 50.8 Å². The summed E-state index contributed by atoms with van der Waals surface area (Å²) in [6.07, 6.45) is 1.44. The van der Waals surface area contributed by atoms with Crippen LogP contribution in [0.5, 0.6) is 0 Å². The van der Waals surface area contributed by atoms with Crippen molar-refractivity contribution in [2.75, 3.05) is 6.54 Å². The van der Waals surface area contributed by atoms with Crippen LogP contribution < -0.4 is 10.7 Å². The Kier molecular flexibility index (Phi) is 4.26. The van der Waals surface area contributed by atoms with Crippen molar-refractivity contribution >= 4 is 5.91 Å². The summed E-state index contributed by atoms with van der Waals surface area (Å²) in [5, 5.41) is 6.68. The number of hydrogen-bond donors (Lipinski definition) is 2. The summed E-state index contributed by atoms with van der Waals surface area (Å²) in [7, 11) is 0. The summed E-state index contributed by atoms with van der Waals surface area (Å²) < 4.78 is 5.12. The van der Waals surface area contributed by atoms with Crippen LogP contribution in [0.2, 0.25) is 0 Å². The Balaban J connectivity index is 2.06. The maximum Gasteiger partial charge on any atom is 0.256 e. The monoisotopic (exact) mass is 289 g/mol. The van der Waals surface area contributed by atoms with Gasteiger partial charge in [0.15, 0.2) is 5.43 Å². The molecular weight excluding hydrogens is 270 g/mol. The average molecular weight is 289 g/mol. The molecule has 0 saturated carbocycles. The van der Waals surface area contributed by atoms with Crippen LogP contribution in [-0.2, 0) is 0 Å². The molecule has 0 aliphatic carbocycles. The van der Waals surface area contributed by atoms with E-state index in [4.69, 9.17) is 4.52 Å². The summed E-state index contributed by atoms with van der Waals surface area (Å²) in [6.45, 7) is 7.87. The number of amides is 1. The topological polar surface area (TPSA) is 88.0 Å². The Bertz CT molecular complexity index is 696. The smallest absolute Gasteiger partial charge is 0.256 e. The third-order valence-electron chi connectivity index (χ3n) is 3.45. The van der Waals surface area contributed by atoms with Gasteiger partial charge >= 0.3 is 0 Å². The molecule has 1 atom stereocenters. The van der Waals surface area contributed by atoms with Crippen molar-refractivity contribution < 1.29 is 9.32 Å². The zero-order valence-corrected chi connectivity index (χ0v) is 12.6. The van der Waals surface area contributed by atoms with Crippen molar-refractivity contribution in [3.8, 4) is 0 Å². The van der Waals surface area contributed by atoms with Gasteiger partial charge in [-0.15, -0.1) is 0 Å². The van der Waals surface area contributed by atoms with Crippen LogP contribution in [-0.4, -0.2) is 22.6 Å². The number of aromatic nitrogens is 2. The molecule has 2 aromatic rings. The molecule has 1 amide bonds. The number of nitrogens with zero attached hydrogens (tertiary/aromatic N) is 1. The molecule has 6 heteroatoms. The first-order chi connectivity index (χ1) is 9.90. The number of hydrogen-bond acceptors (Lipinski definition) is 4. The minimum absolute atomic E-state index is 0.0599. The van der Waals surface area contributed by atoms with E-state index >= 15 is 0 Å². The lowest BCUT2D eigenvalue weighted by Crippen LogP contribution is -2.31. The molecule has 0 fully saturated rings. The minimum atomic E-state index is -0.380. The van der Waals surface area contributed by atoms with Crippen molar-refractivity contribution in [2.24, 2.45) is 0 Å². The van der Waals surface area contributed by atoms with Gasteiger partial charge in [-0.3, -0.25) is 9.59 Å². The molecule has 0 aliphatic rings. The molecule has 0 radical (unpaired) electrons. The van der Waals surface area contributed by atoms with Gasteiger partial charge in [-0.1, -0.05) is 12.1 Å². The summed E-state index contributed by atoms with van der Waals surface area (Å²) in [6, 6.07) is 1.41. The van der Waals surface area contributed by atoms with Crippen LogP contribution in [0.4, 0.5) is 0 Å². The summed E-state index contributed by atoms with van der Waals surface area (Å²) in [5.74, 6) is 0.432. The second-order valence-electron chi connectivity index (χ2n) is 5.24. The highest BCUT2D eigenvalue weighted by molar-refractivity contribution is 5.93. The number of pyridine rings is 1. The number of H-pyrrole nitrogens is 1. The number of carbonyl (C=O) groups excluding carboxylic acids is 1. The van der Waals surface area contributed by atoms with Crippen LogP contribution in [0, 0.1) is 20.8 Å². The van der Waals surface area contributed by atoms with Gasteiger partial charge in [0.25, 0.3) is 5.91 Å². The zero-order chi connectivity index (χ0) is 15.6. The first-order valence-corrected chi connectivity index (χ1v) is 6.80. The van der Waals surface area contributed by atoms with E-state index in [0.717, 1.165) is 22.7 Å². The largest absolute Gasteiger partial charge is 0.364 e. The molecule has 21 heavy (non-hydrogen) atoms. The van der Waals surface area contributed by atoms with Crippen LogP contribution >= 0.6 is 0 Å². The van der Waals surface area contributed by atoms with Crippen molar-refractivity contribution in [1.82, 2.24) is 15.5 Å². The van der Waals surface area contributed by atoms with Gasteiger partial charge in [0.05, 0.1) is 5.69 Å². The Labute approximate surface area is 122 Å². The van der Waals surface area contributed by atoms with E-state index in [1.54, 1.807) is 6.92 Å². The highest BCUT2D eigenvalue weighted by Crippen LogP contribution is 2.22. The maximum absolute atomic E-state index is 12.1. The molecule has 1 unspecified atom stereocenters. The van der Waals surface area contributed by atoms with E-state index in [9.17, 15) is 9.59 Å². The highest BCUT2D eigenvalue weighted by Gasteiger charge is 2.18. The van der Waals surface area contributed by atoms with E-state index in [1.807, 2.05) is 20.8 Å². The van der Waals surface area contributed by atoms with Crippen LogP contribution in [0.3, 0.4) is 0 Å². The van der Waals surface area contributed by atoms with E-state index in [-0.39, 0.29) is 22.8 Å². The minimum Gasteiger partial charge on any atom is -0.364 e. The second kappa shape index (κ2) is 5.95. The van der Waals surface area contributed by atoms with Crippen LogP contribution in [0.25, 0.3) is 0 Å². The number of nitrogens with one attached hydrogen (secondary N) is 2. The maximum atomic E-state index is 12.1. The molecule has 2 rings (SSSR count). The SMILES string of the molecule is Cc1cc(=O)c(C(=O)NCC(C)c2c(C)noc2C)c[nH]1. The quantitative estimate of drug-likeness (QED) is 0.898. The lowest BCUT2D eigenvalue weighted by Gasteiger charge is -2.12. The third kappa shape index (κ3) is 3.21. The molecule has 0 bridgehead atoms. The lowest BCUT2D eigenvalue weighted by atomic mass is 9.99. The molecule has 2 N–H and O–H groups in total. The summed E-state index contributed by atoms with van der Waals surface area (Å²) in [5.41, 5.74) is 2.37. The average Bonchev–Trinajstić information content (AvgIpc) is 2.75. The van der Waals surface area contributed by atoms with E-state index in [0.29, 0.717) is 6.54 Å². The Morgan fingerprint density at radius 1 is 1.43 bits per heavy atom. The van der Waals surface area contributed by atoms with Crippen molar-refractivity contribution in [2.45, 2.75) is 33.6 Å². The first-order valence-electron chi connectivity index (χ1n) is 6.80. The molecular formula is C15H19N3O3. The van der Waals surface area contributed by atoms with Crippen LogP contribution in [0.15, 0.2) is 21.6 Å². The molecule has 0 spiro atoms. The van der Waals surface area contributed by atoms with Gasteiger partial charge in [-0.05, 0) is 20.8 Å². The fourth-order valence-corrected chi connectivity index (χ4v) is 2.39. The summed E-state index contributed by atoms with van der Waals surface area (Å²) in [4.78, 5) is 26.7. The second-order valence-corrected chi connectivity index (χ2v) is 5.24. The number of rotatable bonds is 4. The third-order valence-corrected chi connectivity index (χ3v) is 3.45. The molecule has 0 saturated heterocycles. The van der Waals surface area contributed by atoms with Gasteiger partial charge in [0.2, 0.25) is 0 Å². The van der Waals surface area contributed by atoms with Gasteiger partial charge in [0, 0.05) is 36.0 Å². The summed E-state index contributed by atoms with van der Waals surface area (Å²) >= 11 is 0. The number of aryl methyl sites for hydroxylation is 3. The predicted octanol–water partition coefficient (Wildman–Crippen LogP) is 1.82. The van der Waals surface area contributed by atoms with Gasteiger partial charge in [-0.25, -0.2) is 0 Å². The highest BCUT2D eigenvalue weighted by atomic mass is 16.5. The molecule has 112 valence electrons. The Morgan fingerprint density at radius 2 is 2.14 bits per heavy atom. The Hall–Kier alpha value is -2.37. The van der Waals surface area contributed by atoms with Crippen LogP contribution in [0.1, 0.15) is 45.9 Å². The molecule has 0 aliphatic heterocycles. The van der Waals surface area contributed by atoms with E-state index in [1.165, 1.54) is 12.3 Å². The van der Waals surface area contributed by atoms with Gasteiger partial charge in [0.1, 0.15) is 11.3 Å². The fraction of sp³-hybridized carbons (Fsp3) is 0.400. The fourth-order valence-electron chi connectivity index (χ4n) is 2.39. The van der Waals surface area contributed by atoms with Gasteiger partial charge < -0.3 is 14.8 Å². The van der Waals surface area contributed by atoms with Crippen molar-refractivity contribution in [3.63, 3.8) is 0 Å². The Morgan fingerprint density at radius 3 is 2.71 bits per heavy atom. The molecule has 2 heterocycles. The predicted molar refractivity (Wildman–Crippen MR) is 78.5 cm³/mol. The number of carbonyl (C=O) groups is 1. The van der Waals surface area contributed by atoms with E-state index in [2.05, 4.69) is 15.5 Å². The van der Waals surface area contributed by atoms with Gasteiger partial charge in [-0.2, -0.15) is 0 Å². The molecule has 0 aromatic carbocycles. The number of aromatic amines is 1. The first kappa shape index (κ1) is 15.0. The van der Waals surface area contributed by atoms with Crippen molar-refractivity contribution in [1.29, 1.82) is 0 Å². The van der Waals surface area contributed by atoms with E-state index < -0.39 is 0 Å².